The van der Waals surface area contributed by atoms with Crippen LogP contribution in [-0.2, 0) is 9.53 Å². The van der Waals surface area contributed by atoms with Crippen LogP contribution >= 0.6 is 11.6 Å². The van der Waals surface area contributed by atoms with Gasteiger partial charge in [-0.2, -0.15) is 0 Å². The Labute approximate surface area is 125 Å². The summed E-state index contributed by atoms with van der Waals surface area (Å²) in [4.78, 5) is 11.5. The van der Waals surface area contributed by atoms with Crippen molar-refractivity contribution in [2.24, 2.45) is 5.92 Å². The van der Waals surface area contributed by atoms with Gasteiger partial charge in [-0.15, -0.1) is 0 Å². The number of rotatable bonds is 9. The first-order valence-electron chi connectivity index (χ1n) is 6.80. The van der Waals surface area contributed by atoms with Crippen LogP contribution in [0.4, 0.5) is 0 Å². The molecule has 112 valence electrons. The van der Waals surface area contributed by atoms with Crippen molar-refractivity contribution in [2.45, 2.75) is 20.3 Å². The highest BCUT2D eigenvalue weighted by atomic mass is 35.5. The second-order valence-corrected chi connectivity index (χ2v) is 5.33. The van der Waals surface area contributed by atoms with Crippen molar-refractivity contribution in [1.29, 1.82) is 0 Å². The highest BCUT2D eigenvalue weighted by Crippen LogP contribution is 2.16. The molecule has 0 saturated carbocycles. The molecule has 0 unspecified atom stereocenters. The average Bonchev–Trinajstić information content (AvgIpc) is 2.40. The minimum absolute atomic E-state index is 0.0215. The predicted octanol–water partition coefficient (Wildman–Crippen LogP) is 2.90. The first-order chi connectivity index (χ1) is 9.58. The Morgan fingerprint density at radius 3 is 2.85 bits per heavy atom. The summed E-state index contributed by atoms with van der Waals surface area (Å²) in [6, 6.07) is 6.96. The van der Waals surface area contributed by atoms with Gasteiger partial charge < -0.3 is 14.8 Å². The molecule has 0 aliphatic heterocycles. The van der Waals surface area contributed by atoms with E-state index in [1.807, 2.05) is 0 Å². The van der Waals surface area contributed by atoms with Crippen molar-refractivity contribution >= 4 is 17.5 Å². The van der Waals surface area contributed by atoms with Crippen LogP contribution in [0, 0.1) is 5.92 Å². The van der Waals surface area contributed by atoms with E-state index < -0.39 is 0 Å². The lowest BCUT2D eigenvalue weighted by Crippen LogP contribution is -2.31. The number of ether oxygens (including phenoxy) is 2. The molecule has 1 N–H and O–H groups in total. The SMILES string of the molecule is CC(C)CCOCCNC(=O)COc1cccc(Cl)c1. The zero-order valence-electron chi connectivity index (χ0n) is 12.0. The lowest BCUT2D eigenvalue weighted by atomic mass is 10.1. The van der Waals surface area contributed by atoms with Gasteiger partial charge in [0.15, 0.2) is 6.61 Å². The minimum atomic E-state index is -0.169. The van der Waals surface area contributed by atoms with Crippen molar-refractivity contribution in [1.82, 2.24) is 5.32 Å². The molecule has 0 bridgehead atoms. The van der Waals surface area contributed by atoms with Crippen LogP contribution < -0.4 is 10.1 Å². The van der Waals surface area contributed by atoms with E-state index in [1.54, 1.807) is 24.3 Å². The smallest absolute Gasteiger partial charge is 0.258 e. The Kier molecular flexibility index (Phi) is 8.07. The molecule has 0 aliphatic rings. The molecule has 0 atom stereocenters. The van der Waals surface area contributed by atoms with Crippen LogP contribution in [0.25, 0.3) is 0 Å². The summed E-state index contributed by atoms with van der Waals surface area (Å²) in [6.45, 7) is 6.03. The molecular formula is C15H22ClNO3. The zero-order chi connectivity index (χ0) is 14.8. The van der Waals surface area contributed by atoms with Gasteiger partial charge >= 0.3 is 0 Å². The second kappa shape index (κ2) is 9.61. The fraction of sp³-hybridized carbons (Fsp3) is 0.533. The molecule has 0 radical (unpaired) electrons. The Morgan fingerprint density at radius 2 is 2.15 bits per heavy atom. The van der Waals surface area contributed by atoms with Gasteiger partial charge in [-0.1, -0.05) is 31.5 Å². The molecule has 0 fully saturated rings. The van der Waals surface area contributed by atoms with Crippen LogP contribution in [0.3, 0.4) is 0 Å². The van der Waals surface area contributed by atoms with Gasteiger partial charge in [-0.25, -0.2) is 0 Å². The largest absolute Gasteiger partial charge is 0.484 e. The molecule has 1 aromatic carbocycles. The number of hydrogen-bond donors (Lipinski definition) is 1. The first-order valence-corrected chi connectivity index (χ1v) is 7.18. The summed E-state index contributed by atoms with van der Waals surface area (Å²) < 4.78 is 10.7. The molecule has 0 aliphatic carbocycles. The normalized spacial score (nSPS) is 10.6. The number of hydrogen-bond acceptors (Lipinski definition) is 3. The Morgan fingerprint density at radius 1 is 1.35 bits per heavy atom. The van der Waals surface area contributed by atoms with E-state index in [4.69, 9.17) is 21.1 Å². The molecule has 0 saturated heterocycles. The third kappa shape index (κ3) is 8.02. The van der Waals surface area contributed by atoms with E-state index in [1.165, 1.54) is 0 Å². The summed E-state index contributed by atoms with van der Waals surface area (Å²) in [5.74, 6) is 1.05. The predicted molar refractivity (Wildman–Crippen MR) is 80.2 cm³/mol. The molecule has 1 aromatic rings. The molecule has 5 heteroatoms. The summed E-state index contributed by atoms with van der Waals surface area (Å²) in [7, 11) is 0. The highest BCUT2D eigenvalue weighted by Gasteiger charge is 2.02. The van der Waals surface area contributed by atoms with Gasteiger partial charge in [0.1, 0.15) is 5.75 Å². The lowest BCUT2D eigenvalue weighted by Gasteiger charge is -2.09. The van der Waals surface area contributed by atoms with E-state index in [-0.39, 0.29) is 12.5 Å². The Bertz CT molecular complexity index is 410. The number of nitrogens with one attached hydrogen (secondary N) is 1. The number of benzene rings is 1. The molecular weight excluding hydrogens is 278 g/mol. The fourth-order valence-electron chi connectivity index (χ4n) is 1.44. The van der Waals surface area contributed by atoms with E-state index in [9.17, 15) is 4.79 Å². The van der Waals surface area contributed by atoms with E-state index >= 15 is 0 Å². The Hall–Kier alpha value is -1.26. The topological polar surface area (TPSA) is 47.6 Å². The van der Waals surface area contributed by atoms with Gasteiger partial charge in [0.25, 0.3) is 5.91 Å². The zero-order valence-corrected chi connectivity index (χ0v) is 12.8. The summed E-state index contributed by atoms with van der Waals surface area (Å²) in [5, 5.41) is 3.32. The van der Waals surface area contributed by atoms with Gasteiger partial charge in [-0.3, -0.25) is 4.79 Å². The van der Waals surface area contributed by atoms with Crippen molar-refractivity contribution in [2.75, 3.05) is 26.4 Å². The summed E-state index contributed by atoms with van der Waals surface area (Å²) in [5.41, 5.74) is 0. The molecule has 1 rings (SSSR count). The van der Waals surface area contributed by atoms with Crippen LogP contribution in [0.5, 0.6) is 5.75 Å². The number of carbonyl (C=O) groups is 1. The van der Waals surface area contributed by atoms with Gasteiger partial charge in [0, 0.05) is 18.2 Å². The standard InChI is InChI=1S/C15H22ClNO3/c1-12(2)6-8-19-9-7-17-15(18)11-20-14-5-3-4-13(16)10-14/h3-5,10,12H,6-9,11H2,1-2H3,(H,17,18). The van der Waals surface area contributed by atoms with Gasteiger partial charge in [0.2, 0.25) is 0 Å². The summed E-state index contributed by atoms with van der Waals surface area (Å²) in [6.07, 6.45) is 1.03. The third-order valence-corrected chi connectivity index (χ3v) is 2.81. The first kappa shape index (κ1) is 16.8. The molecule has 4 nitrogen and oxygen atoms in total. The number of amides is 1. The monoisotopic (exact) mass is 299 g/mol. The Balaban J connectivity index is 2.06. The quantitative estimate of drug-likeness (QED) is 0.713. The maximum atomic E-state index is 11.5. The van der Waals surface area contributed by atoms with Gasteiger partial charge in [0.05, 0.1) is 6.61 Å². The maximum absolute atomic E-state index is 11.5. The van der Waals surface area contributed by atoms with Crippen molar-refractivity contribution in [3.63, 3.8) is 0 Å². The van der Waals surface area contributed by atoms with E-state index in [2.05, 4.69) is 19.2 Å². The minimum Gasteiger partial charge on any atom is -0.484 e. The molecule has 0 heterocycles. The fourth-order valence-corrected chi connectivity index (χ4v) is 1.62. The van der Waals surface area contributed by atoms with Crippen LogP contribution in [0.2, 0.25) is 5.02 Å². The molecule has 20 heavy (non-hydrogen) atoms. The van der Waals surface area contributed by atoms with Crippen LogP contribution in [0.15, 0.2) is 24.3 Å². The maximum Gasteiger partial charge on any atom is 0.258 e. The van der Waals surface area contributed by atoms with Crippen molar-refractivity contribution in [3.8, 4) is 5.75 Å². The second-order valence-electron chi connectivity index (χ2n) is 4.89. The molecule has 1 amide bonds. The number of halogens is 1. The average molecular weight is 300 g/mol. The number of carbonyl (C=O) groups excluding carboxylic acids is 1. The summed E-state index contributed by atoms with van der Waals surface area (Å²) >= 11 is 5.82. The third-order valence-electron chi connectivity index (χ3n) is 2.57. The van der Waals surface area contributed by atoms with Crippen molar-refractivity contribution < 1.29 is 14.3 Å². The van der Waals surface area contributed by atoms with Gasteiger partial charge in [-0.05, 0) is 30.5 Å². The lowest BCUT2D eigenvalue weighted by molar-refractivity contribution is -0.123. The van der Waals surface area contributed by atoms with E-state index in [0.717, 1.165) is 13.0 Å². The molecule has 0 aromatic heterocycles. The molecule has 0 spiro atoms. The van der Waals surface area contributed by atoms with Crippen molar-refractivity contribution in [3.05, 3.63) is 29.3 Å². The van der Waals surface area contributed by atoms with E-state index in [0.29, 0.717) is 29.8 Å². The van der Waals surface area contributed by atoms with Crippen LogP contribution in [0.1, 0.15) is 20.3 Å². The highest BCUT2D eigenvalue weighted by molar-refractivity contribution is 6.30. The van der Waals surface area contributed by atoms with Crippen LogP contribution in [-0.4, -0.2) is 32.3 Å².